The summed E-state index contributed by atoms with van der Waals surface area (Å²) in [5.74, 6) is -0.390. The minimum absolute atomic E-state index is 0.0158. The van der Waals surface area contributed by atoms with Crippen LogP contribution in [0.2, 0.25) is 0 Å². The lowest BCUT2D eigenvalue weighted by Crippen LogP contribution is -2.64. The molecule has 1 amide bonds. The molecule has 174 valence electrons. The van der Waals surface area contributed by atoms with Crippen LogP contribution in [0.5, 0.6) is 11.5 Å². The van der Waals surface area contributed by atoms with Crippen LogP contribution in [0.25, 0.3) is 11.3 Å². The smallest absolute Gasteiger partial charge is 0.387 e. The van der Waals surface area contributed by atoms with Gasteiger partial charge in [0, 0.05) is 18.0 Å². The molecule has 1 N–H and O–H groups in total. The second-order valence-corrected chi connectivity index (χ2v) is 10.9. The number of carbonyl (C=O) groups is 1. The largest absolute Gasteiger partial charge is 0.488 e. The van der Waals surface area contributed by atoms with Crippen LogP contribution in [-0.4, -0.2) is 54.4 Å². The molecule has 1 fully saturated rings. The number of nitrogens with zero attached hydrogens (tertiary/aromatic N) is 2. The summed E-state index contributed by atoms with van der Waals surface area (Å²) in [6.45, 7) is 2.77. The van der Waals surface area contributed by atoms with Crippen molar-refractivity contribution in [2.75, 3.05) is 18.1 Å². The zero-order chi connectivity index (χ0) is 23.3. The van der Waals surface area contributed by atoms with Crippen LogP contribution in [0.15, 0.2) is 24.3 Å². The molecule has 4 rings (SSSR count). The first kappa shape index (κ1) is 22.5. The number of halogens is 2. The molecule has 1 aromatic heterocycles. The number of benzene rings is 1. The molecule has 1 unspecified atom stereocenters. The topological polar surface area (TPSA) is 99.5 Å². The number of alkyl halides is 2. The summed E-state index contributed by atoms with van der Waals surface area (Å²) >= 11 is 0. The fourth-order valence-corrected chi connectivity index (χ4v) is 6.27. The van der Waals surface area contributed by atoms with E-state index < -0.39 is 27.9 Å². The zero-order valence-corrected chi connectivity index (χ0v) is 18.8. The number of aromatic nitrogens is 2. The lowest BCUT2D eigenvalue weighted by molar-refractivity contribution is -0.127. The van der Waals surface area contributed by atoms with E-state index in [0.717, 1.165) is 5.69 Å². The summed E-state index contributed by atoms with van der Waals surface area (Å²) in [5, 5.41) is 7.48. The molecule has 0 spiro atoms. The Labute approximate surface area is 184 Å². The number of amides is 1. The summed E-state index contributed by atoms with van der Waals surface area (Å²) in [7, 11) is -3.09. The highest BCUT2D eigenvalue weighted by atomic mass is 32.2. The van der Waals surface area contributed by atoms with Crippen LogP contribution in [0.1, 0.15) is 32.5 Å². The van der Waals surface area contributed by atoms with E-state index in [1.807, 2.05) is 13.8 Å². The molecule has 0 radical (unpaired) electrons. The first-order valence-electron chi connectivity index (χ1n) is 10.3. The third kappa shape index (κ3) is 4.43. The molecule has 0 saturated carbocycles. The lowest BCUT2D eigenvalue weighted by atomic mass is 9.96. The third-order valence-corrected chi connectivity index (χ3v) is 7.68. The van der Waals surface area contributed by atoms with Gasteiger partial charge in [0.1, 0.15) is 18.1 Å². The van der Waals surface area contributed by atoms with Gasteiger partial charge in [-0.25, -0.2) is 8.42 Å². The van der Waals surface area contributed by atoms with E-state index in [4.69, 9.17) is 4.74 Å². The fourth-order valence-electron chi connectivity index (χ4n) is 4.27. The number of ether oxygens (including phenoxy) is 2. The van der Waals surface area contributed by atoms with E-state index >= 15 is 0 Å². The number of rotatable bonds is 6. The highest BCUT2D eigenvalue weighted by Gasteiger charge is 2.47. The van der Waals surface area contributed by atoms with Crippen LogP contribution >= 0.6 is 0 Å². The number of carbonyl (C=O) groups excluding carboxylic acids is 1. The van der Waals surface area contributed by atoms with Crippen LogP contribution in [0.3, 0.4) is 0 Å². The molecule has 8 nitrogen and oxygen atoms in total. The molecule has 0 bridgehead atoms. The van der Waals surface area contributed by atoms with Gasteiger partial charge in [0.05, 0.1) is 28.7 Å². The van der Waals surface area contributed by atoms with Gasteiger partial charge in [0.2, 0.25) is 5.91 Å². The predicted molar refractivity (Wildman–Crippen MR) is 113 cm³/mol. The molecule has 11 heteroatoms. The van der Waals surface area contributed by atoms with E-state index in [2.05, 4.69) is 15.2 Å². The Kier molecular flexibility index (Phi) is 5.64. The van der Waals surface area contributed by atoms with Crippen molar-refractivity contribution in [2.45, 2.75) is 45.4 Å². The van der Waals surface area contributed by atoms with Gasteiger partial charge in [-0.15, -0.1) is 0 Å². The molecule has 1 saturated heterocycles. The normalized spacial score (nSPS) is 20.9. The fraction of sp³-hybridized carbons (Fsp3) is 0.524. The van der Waals surface area contributed by atoms with Crippen molar-refractivity contribution in [3.8, 4) is 22.8 Å². The molecule has 2 aliphatic rings. The molecule has 2 aromatic rings. The van der Waals surface area contributed by atoms with E-state index in [9.17, 15) is 22.0 Å². The SMILES string of the molecule is CC(C)n1nc(-c2cccc(OC(F)F)c2)c2c1CC(C(=O)NC1(C)CS(=O)(=O)C1)CO2. The summed E-state index contributed by atoms with van der Waals surface area (Å²) < 4.78 is 60.5. The maximum atomic E-state index is 12.8. The van der Waals surface area contributed by atoms with Crippen LogP contribution < -0.4 is 14.8 Å². The van der Waals surface area contributed by atoms with Gasteiger partial charge in [-0.3, -0.25) is 9.48 Å². The van der Waals surface area contributed by atoms with Gasteiger partial charge < -0.3 is 14.8 Å². The summed E-state index contributed by atoms with van der Waals surface area (Å²) in [5.41, 5.74) is 1.02. The van der Waals surface area contributed by atoms with Crippen molar-refractivity contribution in [3.05, 3.63) is 30.0 Å². The minimum Gasteiger partial charge on any atom is -0.488 e. The van der Waals surface area contributed by atoms with Crippen LogP contribution in [-0.2, 0) is 21.1 Å². The standard InChI is InChI=1S/C21H25F2N3O5S/c1-12(2)26-16-8-14(19(27)24-21(3)10-32(28,29)11-21)9-30-18(16)17(25-26)13-5-4-6-15(7-13)31-20(22)23/h4-7,12,14,20H,8-11H2,1-3H3,(H,24,27). The molecule has 3 heterocycles. The van der Waals surface area contributed by atoms with E-state index in [1.54, 1.807) is 23.7 Å². The van der Waals surface area contributed by atoms with Crippen LogP contribution in [0, 0.1) is 5.92 Å². The van der Waals surface area contributed by atoms with Crippen molar-refractivity contribution in [3.63, 3.8) is 0 Å². The average molecular weight is 470 g/mol. The second-order valence-electron chi connectivity index (χ2n) is 8.86. The van der Waals surface area contributed by atoms with Gasteiger partial charge >= 0.3 is 6.61 Å². The Bertz CT molecular complexity index is 1130. The van der Waals surface area contributed by atoms with Crippen molar-refractivity contribution in [2.24, 2.45) is 5.92 Å². The minimum atomic E-state index is -3.09. The molecule has 0 aliphatic carbocycles. The summed E-state index contributed by atoms with van der Waals surface area (Å²) in [6, 6.07) is 6.20. The maximum absolute atomic E-state index is 12.8. The van der Waals surface area contributed by atoms with Crippen molar-refractivity contribution in [1.29, 1.82) is 0 Å². The molecule has 1 atom stereocenters. The Balaban J connectivity index is 1.59. The summed E-state index contributed by atoms with van der Waals surface area (Å²) in [4.78, 5) is 12.8. The molecule has 1 aromatic carbocycles. The monoisotopic (exact) mass is 469 g/mol. The molecular formula is C21H25F2N3O5S. The Morgan fingerprint density at radius 2 is 2.06 bits per heavy atom. The van der Waals surface area contributed by atoms with Gasteiger partial charge in [-0.2, -0.15) is 13.9 Å². The first-order chi connectivity index (χ1) is 15.0. The van der Waals surface area contributed by atoms with E-state index in [1.165, 1.54) is 12.1 Å². The van der Waals surface area contributed by atoms with Gasteiger partial charge in [-0.1, -0.05) is 12.1 Å². The van der Waals surface area contributed by atoms with E-state index in [0.29, 0.717) is 23.4 Å². The second kappa shape index (κ2) is 8.02. The number of hydrogen-bond acceptors (Lipinski definition) is 6. The highest BCUT2D eigenvalue weighted by Crippen LogP contribution is 2.39. The molecular weight excluding hydrogens is 444 g/mol. The van der Waals surface area contributed by atoms with Gasteiger partial charge in [0.25, 0.3) is 0 Å². The number of fused-ring (bicyclic) bond motifs is 1. The number of nitrogens with one attached hydrogen (secondary N) is 1. The molecule has 32 heavy (non-hydrogen) atoms. The average Bonchev–Trinajstić information content (AvgIpc) is 3.05. The maximum Gasteiger partial charge on any atom is 0.387 e. The Morgan fingerprint density at radius 3 is 2.69 bits per heavy atom. The van der Waals surface area contributed by atoms with Crippen molar-refractivity contribution >= 4 is 15.7 Å². The Hall–Kier alpha value is -2.69. The quantitative estimate of drug-likeness (QED) is 0.698. The zero-order valence-electron chi connectivity index (χ0n) is 18.0. The first-order valence-corrected chi connectivity index (χ1v) is 12.1. The lowest BCUT2D eigenvalue weighted by Gasteiger charge is -2.39. The van der Waals surface area contributed by atoms with Crippen molar-refractivity contribution < 1.29 is 31.5 Å². The predicted octanol–water partition coefficient (Wildman–Crippen LogP) is 2.59. The van der Waals surface area contributed by atoms with Gasteiger partial charge in [-0.05, 0) is 32.9 Å². The van der Waals surface area contributed by atoms with Crippen molar-refractivity contribution in [1.82, 2.24) is 15.1 Å². The number of hydrogen-bond donors (Lipinski definition) is 1. The third-order valence-electron chi connectivity index (χ3n) is 5.52. The summed E-state index contributed by atoms with van der Waals surface area (Å²) in [6.07, 6.45) is 0.363. The highest BCUT2D eigenvalue weighted by molar-refractivity contribution is 7.93. The number of sulfone groups is 1. The van der Waals surface area contributed by atoms with Gasteiger partial charge in [0.15, 0.2) is 15.6 Å². The van der Waals surface area contributed by atoms with Crippen LogP contribution in [0.4, 0.5) is 8.78 Å². The van der Waals surface area contributed by atoms with E-state index in [-0.39, 0.29) is 35.8 Å². The molecule has 2 aliphatic heterocycles. The Morgan fingerprint density at radius 1 is 1.34 bits per heavy atom.